The molecule has 60 valence electrons. The summed E-state index contributed by atoms with van der Waals surface area (Å²) in [5.74, 6) is 0. The highest BCUT2D eigenvalue weighted by Crippen LogP contribution is 1.85. The number of aliphatic hydroxyl groups is 1. The molecule has 0 atom stereocenters. The monoisotopic (exact) mass is 146 g/mol. The van der Waals surface area contributed by atoms with Gasteiger partial charge in [0.2, 0.25) is 0 Å². The van der Waals surface area contributed by atoms with E-state index in [2.05, 4.69) is 6.92 Å². The fraction of sp³-hybridized carbons (Fsp3) is 1.00. The van der Waals surface area contributed by atoms with E-state index < -0.39 is 0 Å². The summed E-state index contributed by atoms with van der Waals surface area (Å²) >= 11 is 0. The van der Waals surface area contributed by atoms with Gasteiger partial charge in [0.25, 0.3) is 0 Å². The molecule has 10 heavy (non-hydrogen) atoms. The Morgan fingerprint density at radius 1 is 1.30 bits per heavy atom. The zero-order valence-electron chi connectivity index (χ0n) is 6.29. The van der Waals surface area contributed by atoms with Gasteiger partial charge in [-0.25, -0.2) is 0 Å². The normalized spacial score (nSPS) is 8.00. The topological polar surface area (TPSA) is 77.0 Å². The van der Waals surface area contributed by atoms with Crippen LogP contribution in [0.4, 0.5) is 0 Å². The van der Waals surface area contributed by atoms with E-state index >= 15 is 0 Å². The molecule has 0 amide bonds. The number of nitrogens with zero attached hydrogens (tertiary/aromatic N) is 2. The van der Waals surface area contributed by atoms with E-state index in [0.717, 1.165) is 19.4 Å². The number of hydrogen-bond acceptors (Lipinski definition) is 4. The maximum Gasteiger partial charge on any atom is 0.0697 e. The molecule has 0 aromatic heterocycles. The highest BCUT2D eigenvalue weighted by molar-refractivity contribution is 4.30. The molecule has 0 saturated carbocycles. The summed E-state index contributed by atoms with van der Waals surface area (Å²) in [7, 11) is 0. The van der Waals surface area contributed by atoms with E-state index in [-0.39, 0.29) is 6.61 Å². The van der Waals surface area contributed by atoms with Crippen LogP contribution < -0.4 is 0 Å². The van der Waals surface area contributed by atoms with Crippen molar-refractivity contribution in [2.45, 2.75) is 19.8 Å². The van der Waals surface area contributed by atoms with Crippen molar-refractivity contribution < 1.29 is 9.84 Å². The summed E-state index contributed by atoms with van der Waals surface area (Å²) in [5.41, 5.74) is 0. The van der Waals surface area contributed by atoms with E-state index in [1.807, 2.05) is 0 Å². The van der Waals surface area contributed by atoms with Crippen LogP contribution in [0.2, 0.25) is 0 Å². The molecule has 0 bridgehead atoms. The van der Waals surface area contributed by atoms with Crippen LogP contribution in [0.1, 0.15) is 19.8 Å². The number of hydrogen-bond donors (Lipinski definition) is 1. The standard InChI is InChI=1S/C6H14O2.N2/c1-2-3-5-8-6-4-7;1-2/h7H,2-6H2,1H3;. The Bertz CT molecular complexity index is 60.0. The number of rotatable bonds is 5. The van der Waals surface area contributed by atoms with Crippen molar-refractivity contribution >= 4 is 0 Å². The molecule has 0 rings (SSSR count). The van der Waals surface area contributed by atoms with E-state index in [1.54, 1.807) is 0 Å². The summed E-state index contributed by atoms with van der Waals surface area (Å²) in [4.78, 5) is 0. The van der Waals surface area contributed by atoms with Gasteiger partial charge in [-0.15, -0.1) is 0 Å². The van der Waals surface area contributed by atoms with Crippen molar-refractivity contribution in [2.75, 3.05) is 19.8 Å². The second kappa shape index (κ2) is 15.8. The average molecular weight is 146 g/mol. The van der Waals surface area contributed by atoms with Crippen LogP contribution in [0.5, 0.6) is 0 Å². The van der Waals surface area contributed by atoms with Gasteiger partial charge >= 0.3 is 0 Å². The van der Waals surface area contributed by atoms with Gasteiger partial charge in [0, 0.05) is 17.4 Å². The Morgan fingerprint density at radius 2 is 1.90 bits per heavy atom. The van der Waals surface area contributed by atoms with Gasteiger partial charge < -0.3 is 9.84 Å². The Hall–Kier alpha value is -0.660. The third-order valence-electron chi connectivity index (χ3n) is 0.878. The van der Waals surface area contributed by atoms with E-state index in [1.165, 1.54) is 0 Å². The maximum atomic E-state index is 8.24. The van der Waals surface area contributed by atoms with Gasteiger partial charge in [0.15, 0.2) is 0 Å². The summed E-state index contributed by atoms with van der Waals surface area (Å²) in [6.07, 6.45) is 2.26. The molecule has 0 aliphatic rings. The predicted molar refractivity (Wildman–Crippen MR) is 36.3 cm³/mol. The van der Waals surface area contributed by atoms with Crippen LogP contribution >= 0.6 is 0 Å². The van der Waals surface area contributed by atoms with Crippen molar-refractivity contribution in [3.05, 3.63) is 0 Å². The second-order valence-electron chi connectivity index (χ2n) is 1.69. The average Bonchev–Trinajstić information content (AvgIpc) is 2.02. The second-order valence-corrected chi connectivity index (χ2v) is 1.69. The van der Waals surface area contributed by atoms with Crippen LogP contribution in [0.15, 0.2) is 0 Å². The van der Waals surface area contributed by atoms with Crippen molar-refractivity contribution in [1.82, 2.24) is 0 Å². The van der Waals surface area contributed by atoms with Gasteiger partial charge in [0.05, 0.1) is 13.2 Å². The van der Waals surface area contributed by atoms with Gasteiger partial charge in [-0.05, 0) is 6.42 Å². The molecular formula is C6H14N2O2. The Labute approximate surface area is 61.2 Å². The minimum atomic E-state index is 0.143. The fourth-order valence-electron chi connectivity index (χ4n) is 0.413. The van der Waals surface area contributed by atoms with Crippen LogP contribution in [0, 0.1) is 10.8 Å². The number of ether oxygens (including phenoxy) is 1. The zero-order valence-corrected chi connectivity index (χ0v) is 6.29. The molecular weight excluding hydrogens is 132 g/mol. The molecule has 1 N–H and O–H groups in total. The molecule has 0 aliphatic carbocycles. The fourth-order valence-corrected chi connectivity index (χ4v) is 0.413. The van der Waals surface area contributed by atoms with Crippen molar-refractivity contribution in [3.63, 3.8) is 0 Å². The highest BCUT2D eigenvalue weighted by atomic mass is 16.5. The first kappa shape index (κ1) is 12.1. The molecule has 0 aromatic rings. The molecule has 4 nitrogen and oxygen atoms in total. The van der Waals surface area contributed by atoms with Crippen molar-refractivity contribution in [1.29, 1.82) is 10.8 Å². The Balaban J connectivity index is 0. The predicted octanol–water partition coefficient (Wildman–Crippen LogP) is 0.826. The highest BCUT2D eigenvalue weighted by Gasteiger charge is 1.82. The van der Waals surface area contributed by atoms with Crippen LogP contribution in [0.3, 0.4) is 0 Å². The lowest BCUT2D eigenvalue weighted by atomic mass is 10.4. The number of aliphatic hydroxyl groups excluding tert-OH is 1. The van der Waals surface area contributed by atoms with Gasteiger partial charge in [-0.1, -0.05) is 13.3 Å². The van der Waals surface area contributed by atoms with Gasteiger partial charge in [-0.3, -0.25) is 0 Å². The Morgan fingerprint density at radius 3 is 2.30 bits per heavy atom. The maximum absolute atomic E-state index is 8.24. The molecule has 0 fully saturated rings. The SMILES string of the molecule is CCCCOCCO.N#N. The van der Waals surface area contributed by atoms with Crippen molar-refractivity contribution in [3.8, 4) is 0 Å². The first-order valence-corrected chi connectivity index (χ1v) is 3.30. The number of unbranched alkanes of at least 4 members (excludes halogenated alkanes) is 1. The first-order chi connectivity index (χ1) is 4.91. The van der Waals surface area contributed by atoms with E-state index in [4.69, 9.17) is 20.6 Å². The summed E-state index contributed by atoms with van der Waals surface area (Å²) in [6, 6.07) is 0. The smallest absolute Gasteiger partial charge is 0.0697 e. The van der Waals surface area contributed by atoms with Crippen LogP contribution in [0.25, 0.3) is 0 Å². The summed E-state index contributed by atoms with van der Waals surface area (Å²) in [6.45, 7) is 3.53. The lowest BCUT2D eigenvalue weighted by Crippen LogP contribution is -1.99. The third-order valence-corrected chi connectivity index (χ3v) is 0.878. The van der Waals surface area contributed by atoms with E-state index in [9.17, 15) is 0 Å². The zero-order chi connectivity index (χ0) is 8.24. The molecule has 0 aliphatic heterocycles. The molecule has 0 heterocycles. The lowest BCUT2D eigenvalue weighted by Gasteiger charge is -1.97. The van der Waals surface area contributed by atoms with Gasteiger partial charge in [0.1, 0.15) is 0 Å². The lowest BCUT2D eigenvalue weighted by molar-refractivity contribution is 0.0904. The minimum absolute atomic E-state index is 0.143. The molecule has 0 aromatic carbocycles. The first-order valence-electron chi connectivity index (χ1n) is 3.30. The molecule has 0 saturated heterocycles. The minimum Gasteiger partial charge on any atom is -0.394 e. The quantitative estimate of drug-likeness (QED) is 0.460. The third kappa shape index (κ3) is 15.7. The molecule has 4 heteroatoms. The summed E-state index contributed by atoms with van der Waals surface area (Å²) in [5, 5.41) is 20.2. The van der Waals surface area contributed by atoms with Gasteiger partial charge in [-0.2, -0.15) is 0 Å². The van der Waals surface area contributed by atoms with Crippen molar-refractivity contribution in [2.24, 2.45) is 0 Å². The molecule has 0 radical (unpaired) electrons. The molecule has 0 unspecified atom stereocenters. The largest absolute Gasteiger partial charge is 0.394 e. The summed E-state index contributed by atoms with van der Waals surface area (Å²) < 4.78 is 4.97. The van der Waals surface area contributed by atoms with Crippen LogP contribution in [-0.4, -0.2) is 24.9 Å². The molecule has 0 spiro atoms. The van der Waals surface area contributed by atoms with E-state index in [0.29, 0.717) is 6.61 Å². The van der Waals surface area contributed by atoms with Crippen LogP contribution in [-0.2, 0) is 4.74 Å². The Kier molecular flexibility index (Phi) is 19.0.